The molecule has 1 heteroatoms. The summed E-state index contributed by atoms with van der Waals surface area (Å²) in [5, 5.41) is 6.47. The molecule has 0 saturated heterocycles. The van der Waals surface area contributed by atoms with Crippen LogP contribution < -0.4 is 5.32 Å². The fourth-order valence-corrected chi connectivity index (χ4v) is 3.48. The Morgan fingerprint density at radius 3 is 2.58 bits per heavy atom. The Kier molecular flexibility index (Phi) is 2.63. The zero-order valence-electron chi connectivity index (χ0n) is 11.4. The maximum absolute atomic E-state index is 3.72. The first-order valence-corrected chi connectivity index (χ1v) is 7.55. The summed E-state index contributed by atoms with van der Waals surface area (Å²) in [5.74, 6) is 1.05. The van der Waals surface area contributed by atoms with Gasteiger partial charge >= 0.3 is 0 Å². The van der Waals surface area contributed by atoms with Gasteiger partial charge in [0.05, 0.1) is 0 Å². The van der Waals surface area contributed by atoms with Gasteiger partial charge in [-0.3, -0.25) is 0 Å². The Balaban J connectivity index is 1.46. The van der Waals surface area contributed by atoms with Crippen molar-refractivity contribution < 1.29 is 0 Å². The van der Waals surface area contributed by atoms with E-state index in [-0.39, 0.29) is 0 Å². The number of benzene rings is 2. The lowest BCUT2D eigenvalue weighted by Crippen LogP contribution is -2.25. The minimum atomic E-state index is 0.699. The van der Waals surface area contributed by atoms with Gasteiger partial charge in [0.25, 0.3) is 0 Å². The highest BCUT2D eigenvalue weighted by atomic mass is 14.9. The standard InChI is InChI=1S/C18H21N/c1-2-7-17-14(4-1)5-3-6-15(17)12-19-13-18(10-11-18)16-8-9-16/h1-7,16,19H,8-13H2. The Labute approximate surface area is 115 Å². The second kappa shape index (κ2) is 4.35. The number of hydrogen-bond donors (Lipinski definition) is 1. The van der Waals surface area contributed by atoms with Gasteiger partial charge in [-0.2, -0.15) is 0 Å². The molecule has 0 amide bonds. The molecular formula is C18H21N. The first-order chi connectivity index (χ1) is 9.37. The molecule has 2 aromatic rings. The Morgan fingerprint density at radius 2 is 1.79 bits per heavy atom. The van der Waals surface area contributed by atoms with Crippen LogP contribution in [-0.4, -0.2) is 6.54 Å². The third-order valence-electron chi connectivity index (χ3n) is 5.01. The summed E-state index contributed by atoms with van der Waals surface area (Å²) in [6.45, 7) is 2.23. The SMILES string of the molecule is c1ccc2c(CNCC3(C4CC4)CC3)cccc2c1. The van der Waals surface area contributed by atoms with Crippen LogP contribution in [0.3, 0.4) is 0 Å². The third-order valence-corrected chi connectivity index (χ3v) is 5.01. The third kappa shape index (κ3) is 2.17. The highest BCUT2D eigenvalue weighted by molar-refractivity contribution is 5.85. The lowest BCUT2D eigenvalue weighted by atomic mass is 10.00. The first kappa shape index (κ1) is 11.5. The molecule has 19 heavy (non-hydrogen) atoms. The predicted octanol–water partition coefficient (Wildman–Crippen LogP) is 4.12. The molecular weight excluding hydrogens is 230 g/mol. The van der Waals surface area contributed by atoms with Gasteiger partial charge in [-0.15, -0.1) is 0 Å². The second-order valence-corrected chi connectivity index (χ2v) is 6.38. The van der Waals surface area contributed by atoms with E-state index in [1.165, 1.54) is 48.6 Å². The number of rotatable bonds is 5. The van der Waals surface area contributed by atoms with E-state index in [2.05, 4.69) is 47.8 Å². The molecule has 2 fully saturated rings. The van der Waals surface area contributed by atoms with Gasteiger partial charge in [0.2, 0.25) is 0 Å². The summed E-state index contributed by atoms with van der Waals surface area (Å²) in [6.07, 6.45) is 5.88. The number of nitrogens with one attached hydrogen (secondary N) is 1. The molecule has 0 unspecified atom stereocenters. The second-order valence-electron chi connectivity index (χ2n) is 6.38. The molecule has 4 rings (SSSR count). The van der Waals surface area contributed by atoms with Crippen molar-refractivity contribution in [1.29, 1.82) is 0 Å². The van der Waals surface area contributed by atoms with E-state index in [0.29, 0.717) is 5.41 Å². The number of hydrogen-bond acceptors (Lipinski definition) is 1. The minimum absolute atomic E-state index is 0.699. The van der Waals surface area contributed by atoms with Crippen LogP contribution in [0.1, 0.15) is 31.2 Å². The van der Waals surface area contributed by atoms with Crippen molar-refractivity contribution in [2.24, 2.45) is 11.3 Å². The molecule has 2 aliphatic carbocycles. The van der Waals surface area contributed by atoms with Crippen molar-refractivity contribution in [1.82, 2.24) is 5.32 Å². The molecule has 0 radical (unpaired) electrons. The van der Waals surface area contributed by atoms with E-state index in [4.69, 9.17) is 0 Å². The fourth-order valence-electron chi connectivity index (χ4n) is 3.48. The summed E-state index contributed by atoms with van der Waals surface area (Å²) in [6, 6.07) is 15.3. The maximum Gasteiger partial charge on any atom is 0.0211 e. The van der Waals surface area contributed by atoms with Gasteiger partial charge in [0.15, 0.2) is 0 Å². The molecule has 0 aromatic heterocycles. The Bertz CT molecular complexity index is 588. The van der Waals surface area contributed by atoms with Crippen LogP contribution in [0.2, 0.25) is 0 Å². The van der Waals surface area contributed by atoms with E-state index in [9.17, 15) is 0 Å². The minimum Gasteiger partial charge on any atom is -0.312 e. The van der Waals surface area contributed by atoms with E-state index >= 15 is 0 Å². The van der Waals surface area contributed by atoms with Gasteiger partial charge in [-0.25, -0.2) is 0 Å². The molecule has 98 valence electrons. The Morgan fingerprint density at radius 1 is 1.00 bits per heavy atom. The van der Waals surface area contributed by atoms with Gasteiger partial charge in [-0.1, -0.05) is 42.5 Å². The average molecular weight is 251 g/mol. The van der Waals surface area contributed by atoms with Crippen LogP contribution >= 0.6 is 0 Å². The predicted molar refractivity (Wildman–Crippen MR) is 80.0 cm³/mol. The van der Waals surface area contributed by atoms with Crippen molar-refractivity contribution in [2.75, 3.05) is 6.54 Å². The van der Waals surface area contributed by atoms with Gasteiger partial charge in [-0.05, 0) is 53.4 Å². The average Bonchev–Trinajstić information content (AvgIpc) is 3.32. The molecule has 1 N–H and O–H groups in total. The van der Waals surface area contributed by atoms with E-state index < -0.39 is 0 Å². The van der Waals surface area contributed by atoms with Gasteiger partial charge in [0.1, 0.15) is 0 Å². The van der Waals surface area contributed by atoms with Crippen molar-refractivity contribution in [3.05, 3.63) is 48.0 Å². The lowest BCUT2D eigenvalue weighted by Gasteiger charge is -2.15. The van der Waals surface area contributed by atoms with E-state index in [0.717, 1.165) is 12.5 Å². The van der Waals surface area contributed by atoms with Crippen molar-refractivity contribution in [3.63, 3.8) is 0 Å². The van der Waals surface area contributed by atoms with Crippen LogP contribution in [0.5, 0.6) is 0 Å². The number of fused-ring (bicyclic) bond motifs is 1. The smallest absolute Gasteiger partial charge is 0.0211 e. The maximum atomic E-state index is 3.72. The summed E-state index contributed by atoms with van der Waals surface area (Å²) >= 11 is 0. The first-order valence-electron chi connectivity index (χ1n) is 7.55. The zero-order valence-corrected chi connectivity index (χ0v) is 11.4. The van der Waals surface area contributed by atoms with Crippen molar-refractivity contribution in [3.8, 4) is 0 Å². The largest absolute Gasteiger partial charge is 0.312 e. The van der Waals surface area contributed by atoms with Gasteiger partial charge < -0.3 is 5.32 Å². The molecule has 1 nitrogen and oxygen atoms in total. The normalized spacial score (nSPS) is 20.6. The monoisotopic (exact) mass is 251 g/mol. The van der Waals surface area contributed by atoms with Crippen LogP contribution in [0.15, 0.2) is 42.5 Å². The highest BCUT2D eigenvalue weighted by Gasteiger charge is 2.53. The molecule has 0 heterocycles. The molecule has 0 aliphatic heterocycles. The zero-order chi connectivity index (χ0) is 12.7. The van der Waals surface area contributed by atoms with Crippen molar-refractivity contribution in [2.45, 2.75) is 32.2 Å². The molecule has 2 aromatic carbocycles. The van der Waals surface area contributed by atoms with E-state index in [1.54, 1.807) is 0 Å². The van der Waals surface area contributed by atoms with Gasteiger partial charge in [0, 0.05) is 13.1 Å². The molecule has 0 atom stereocenters. The highest BCUT2D eigenvalue weighted by Crippen LogP contribution is 2.60. The topological polar surface area (TPSA) is 12.0 Å². The molecule has 2 saturated carbocycles. The van der Waals surface area contributed by atoms with E-state index in [1.807, 2.05) is 0 Å². The quantitative estimate of drug-likeness (QED) is 0.843. The summed E-state index contributed by atoms with van der Waals surface area (Å²) in [7, 11) is 0. The summed E-state index contributed by atoms with van der Waals surface area (Å²) < 4.78 is 0. The van der Waals surface area contributed by atoms with Crippen LogP contribution in [-0.2, 0) is 6.54 Å². The van der Waals surface area contributed by atoms with Crippen LogP contribution in [0.25, 0.3) is 10.8 Å². The summed E-state index contributed by atoms with van der Waals surface area (Å²) in [5.41, 5.74) is 2.13. The molecule has 0 spiro atoms. The summed E-state index contributed by atoms with van der Waals surface area (Å²) in [4.78, 5) is 0. The van der Waals surface area contributed by atoms with Crippen molar-refractivity contribution >= 4 is 10.8 Å². The Hall–Kier alpha value is -1.34. The molecule has 0 bridgehead atoms. The fraction of sp³-hybridized carbons (Fsp3) is 0.444. The molecule has 2 aliphatic rings. The lowest BCUT2D eigenvalue weighted by molar-refractivity contribution is 0.404. The van der Waals surface area contributed by atoms with Crippen LogP contribution in [0, 0.1) is 11.3 Å². The van der Waals surface area contributed by atoms with Crippen LogP contribution in [0.4, 0.5) is 0 Å².